The van der Waals surface area contributed by atoms with Crippen molar-refractivity contribution in [3.05, 3.63) is 53.3 Å². The maximum Gasteiger partial charge on any atom is 0.214 e. The fourth-order valence-corrected chi connectivity index (χ4v) is 2.89. The van der Waals surface area contributed by atoms with Crippen LogP contribution in [0, 0.1) is 0 Å². The fraction of sp³-hybridized carbons (Fsp3) is 0.143. The zero-order valence-corrected chi connectivity index (χ0v) is 13.3. The van der Waals surface area contributed by atoms with Gasteiger partial charge in [-0.3, -0.25) is 4.79 Å². The van der Waals surface area contributed by atoms with E-state index in [0.29, 0.717) is 15.7 Å². The average Bonchev–Trinajstić information content (AvgIpc) is 3.13. The molecule has 3 rings (SSSR count). The number of thioether (sulfide) groups is 1. The third-order valence-corrected chi connectivity index (χ3v) is 4.13. The molecule has 6 nitrogen and oxygen atoms in total. The molecule has 0 amide bonds. The molecule has 8 heteroatoms. The van der Waals surface area contributed by atoms with Crippen molar-refractivity contribution in [3.63, 3.8) is 0 Å². The summed E-state index contributed by atoms with van der Waals surface area (Å²) < 4.78 is 3.41. The summed E-state index contributed by atoms with van der Waals surface area (Å²) in [6.07, 6.45) is 3.64. The summed E-state index contributed by atoms with van der Waals surface area (Å²) in [5.74, 6) is 0.302. The van der Waals surface area contributed by atoms with Crippen LogP contribution in [0.5, 0.6) is 0 Å². The second kappa shape index (κ2) is 6.33. The van der Waals surface area contributed by atoms with Crippen LogP contribution in [0.4, 0.5) is 0 Å². The Labute approximate surface area is 136 Å². The van der Waals surface area contributed by atoms with Crippen LogP contribution in [0.1, 0.15) is 10.4 Å². The summed E-state index contributed by atoms with van der Waals surface area (Å²) in [4.78, 5) is 12.1. The number of rotatable bonds is 5. The van der Waals surface area contributed by atoms with Gasteiger partial charge in [-0.2, -0.15) is 4.68 Å². The second-order valence-electron chi connectivity index (χ2n) is 4.63. The third-order valence-electron chi connectivity index (χ3n) is 2.98. The minimum absolute atomic E-state index is 0.0336. The number of Topliss-reactive ketones (excluding diaryl/α,β-unsaturated/α-hetero) is 1. The highest BCUT2D eigenvalue weighted by molar-refractivity contribution is 7.99. The lowest BCUT2D eigenvalue weighted by Gasteiger charge is -2.04. The Balaban J connectivity index is 1.74. The minimum atomic E-state index is 0.0336. The first kappa shape index (κ1) is 14.8. The predicted molar refractivity (Wildman–Crippen MR) is 84.6 cm³/mol. The predicted octanol–water partition coefficient (Wildman–Crippen LogP) is 2.63. The molecule has 0 atom stereocenters. The van der Waals surface area contributed by atoms with E-state index in [9.17, 15) is 4.79 Å². The molecule has 0 saturated carbocycles. The summed E-state index contributed by atoms with van der Waals surface area (Å²) in [5.41, 5.74) is 1.43. The van der Waals surface area contributed by atoms with E-state index in [4.69, 9.17) is 11.6 Å². The molecule has 0 saturated heterocycles. The zero-order chi connectivity index (χ0) is 15.5. The van der Waals surface area contributed by atoms with Crippen molar-refractivity contribution in [2.45, 2.75) is 5.16 Å². The number of tetrazole rings is 1. The van der Waals surface area contributed by atoms with Gasteiger partial charge in [0.1, 0.15) is 0 Å². The number of benzene rings is 1. The van der Waals surface area contributed by atoms with Gasteiger partial charge >= 0.3 is 0 Å². The molecule has 0 aliphatic rings. The molecule has 2 aromatic heterocycles. The maximum atomic E-state index is 12.1. The summed E-state index contributed by atoms with van der Waals surface area (Å²) in [7, 11) is 1.88. The molecule has 0 radical (unpaired) electrons. The van der Waals surface area contributed by atoms with Crippen molar-refractivity contribution in [2.24, 2.45) is 7.05 Å². The van der Waals surface area contributed by atoms with Crippen LogP contribution in [-0.2, 0) is 7.05 Å². The Bertz CT molecular complexity index is 813. The van der Waals surface area contributed by atoms with Crippen LogP contribution >= 0.6 is 23.4 Å². The highest BCUT2D eigenvalue weighted by Crippen LogP contribution is 2.21. The van der Waals surface area contributed by atoms with Crippen molar-refractivity contribution in [1.82, 2.24) is 24.8 Å². The Morgan fingerprint density at radius 1 is 1.36 bits per heavy atom. The molecule has 22 heavy (non-hydrogen) atoms. The third kappa shape index (κ3) is 3.20. The van der Waals surface area contributed by atoms with Crippen LogP contribution in [0.3, 0.4) is 0 Å². The van der Waals surface area contributed by atoms with Gasteiger partial charge < -0.3 is 4.57 Å². The van der Waals surface area contributed by atoms with Crippen LogP contribution in [0.2, 0.25) is 5.02 Å². The molecule has 0 unspecified atom stereocenters. The number of ketones is 1. The smallest absolute Gasteiger partial charge is 0.214 e. The quantitative estimate of drug-likeness (QED) is 0.530. The zero-order valence-electron chi connectivity index (χ0n) is 11.7. The van der Waals surface area contributed by atoms with E-state index in [1.165, 1.54) is 11.8 Å². The van der Waals surface area contributed by atoms with Crippen molar-refractivity contribution < 1.29 is 4.79 Å². The number of aromatic nitrogens is 5. The van der Waals surface area contributed by atoms with Crippen LogP contribution in [0.15, 0.2) is 47.9 Å². The van der Waals surface area contributed by atoms with Gasteiger partial charge in [-0.1, -0.05) is 29.4 Å². The summed E-state index contributed by atoms with van der Waals surface area (Å²) in [6.45, 7) is 0. The Morgan fingerprint density at radius 3 is 2.95 bits per heavy atom. The van der Waals surface area contributed by atoms with Crippen molar-refractivity contribution in [3.8, 4) is 5.69 Å². The maximum absolute atomic E-state index is 12.1. The van der Waals surface area contributed by atoms with E-state index in [-0.39, 0.29) is 11.5 Å². The van der Waals surface area contributed by atoms with Gasteiger partial charge in [-0.25, -0.2) is 0 Å². The number of carbonyl (C=O) groups excluding carboxylic acids is 1. The molecule has 0 aliphatic heterocycles. The lowest BCUT2D eigenvalue weighted by molar-refractivity contribution is 0.102. The van der Waals surface area contributed by atoms with Crippen LogP contribution < -0.4 is 0 Å². The Morgan fingerprint density at radius 2 is 2.23 bits per heavy atom. The summed E-state index contributed by atoms with van der Waals surface area (Å²) >= 11 is 7.27. The van der Waals surface area contributed by atoms with Crippen LogP contribution in [0.25, 0.3) is 5.69 Å². The van der Waals surface area contributed by atoms with E-state index in [0.717, 1.165) is 5.69 Å². The van der Waals surface area contributed by atoms with Gasteiger partial charge in [0.15, 0.2) is 5.78 Å². The van der Waals surface area contributed by atoms with Gasteiger partial charge in [0.25, 0.3) is 0 Å². The average molecular weight is 334 g/mol. The first-order valence-electron chi connectivity index (χ1n) is 6.46. The highest BCUT2D eigenvalue weighted by atomic mass is 35.5. The largest absolute Gasteiger partial charge is 0.357 e. The van der Waals surface area contributed by atoms with Gasteiger partial charge in [0, 0.05) is 30.0 Å². The lowest BCUT2D eigenvalue weighted by atomic mass is 10.2. The summed E-state index contributed by atoms with van der Waals surface area (Å²) in [5, 5.41) is 12.7. The fourth-order valence-electron chi connectivity index (χ4n) is 1.92. The van der Waals surface area contributed by atoms with Gasteiger partial charge in [0.2, 0.25) is 5.16 Å². The molecular weight excluding hydrogens is 322 g/mol. The first-order valence-corrected chi connectivity index (χ1v) is 7.82. The van der Waals surface area contributed by atoms with Crippen LogP contribution in [-0.4, -0.2) is 36.3 Å². The Hall–Kier alpha value is -2.12. The van der Waals surface area contributed by atoms with Crippen molar-refractivity contribution in [2.75, 3.05) is 5.75 Å². The van der Waals surface area contributed by atoms with Crippen molar-refractivity contribution in [1.29, 1.82) is 0 Å². The van der Waals surface area contributed by atoms with E-state index in [1.54, 1.807) is 29.1 Å². The minimum Gasteiger partial charge on any atom is -0.357 e. The number of hydrogen-bond donors (Lipinski definition) is 0. The molecule has 0 bridgehead atoms. The SMILES string of the molecule is Cn1ccc(C(=O)CSc2nnnn2-c2cccc(Cl)c2)c1. The van der Waals surface area contributed by atoms with E-state index in [2.05, 4.69) is 15.5 Å². The van der Waals surface area contributed by atoms with E-state index < -0.39 is 0 Å². The molecule has 3 aromatic rings. The highest BCUT2D eigenvalue weighted by Gasteiger charge is 2.13. The molecular formula is C14H12ClN5OS. The normalized spacial score (nSPS) is 10.8. The van der Waals surface area contributed by atoms with Gasteiger partial charge in [-0.15, -0.1) is 5.10 Å². The van der Waals surface area contributed by atoms with E-state index in [1.807, 2.05) is 29.9 Å². The van der Waals surface area contributed by atoms with Crippen molar-refractivity contribution >= 4 is 29.1 Å². The first-order chi connectivity index (χ1) is 10.6. The monoisotopic (exact) mass is 333 g/mol. The molecule has 0 N–H and O–H groups in total. The number of nitrogens with zero attached hydrogens (tertiary/aromatic N) is 5. The van der Waals surface area contributed by atoms with Gasteiger partial charge in [-0.05, 0) is 34.7 Å². The molecule has 1 aromatic carbocycles. The standard InChI is InChI=1S/C14H12ClN5OS/c1-19-6-5-10(8-19)13(21)9-22-14-16-17-18-20(14)12-4-2-3-11(15)7-12/h2-8H,9H2,1H3. The molecule has 112 valence electrons. The molecule has 0 aliphatic carbocycles. The molecule has 2 heterocycles. The number of hydrogen-bond acceptors (Lipinski definition) is 5. The number of carbonyl (C=O) groups is 1. The van der Waals surface area contributed by atoms with Gasteiger partial charge in [0.05, 0.1) is 11.4 Å². The summed E-state index contributed by atoms with van der Waals surface area (Å²) in [6, 6.07) is 9.01. The topological polar surface area (TPSA) is 65.6 Å². The molecule has 0 spiro atoms. The lowest BCUT2D eigenvalue weighted by Crippen LogP contribution is -2.04. The number of halogens is 1. The number of aryl methyl sites for hydroxylation is 1. The van der Waals surface area contributed by atoms with E-state index >= 15 is 0 Å². The Kier molecular flexibility index (Phi) is 4.26. The second-order valence-corrected chi connectivity index (χ2v) is 6.01. The molecule has 0 fully saturated rings.